The molecule has 0 radical (unpaired) electrons. The Hall–Kier alpha value is -0.870. The van der Waals surface area contributed by atoms with Gasteiger partial charge in [0.1, 0.15) is 0 Å². The Morgan fingerprint density at radius 3 is 3.00 bits per heavy atom. The van der Waals surface area contributed by atoms with Gasteiger partial charge in [-0.2, -0.15) is 0 Å². The van der Waals surface area contributed by atoms with Crippen LogP contribution in [0.15, 0.2) is 12.3 Å². The lowest BCUT2D eigenvalue weighted by atomic mass is 10.3. The lowest BCUT2D eigenvalue weighted by molar-refractivity contribution is 0.198. The molecule has 0 amide bonds. The van der Waals surface area contributed by atoms with E-state index < -0.39 is 5.82 Å². The van der Waals surface area contributed by atoms with Crippen molar-refractivity contribution in [2.75, 3.05) is 18.0 Å². The number of rotatable bonds is 1. The third-order valence-electron chi connectivity index (χ3n) is 2.25. The number of anilines is 1. The van der Waals surface area contributed by atoms with Gasteiger partial charge in [0.05, 0.1) is 11.1 Å². The Labute approximate surface area is 86.1 Å². The van der Waals surface area contributed by atoms with E-state index in [0.29, 0.717) is 19.5 Å². The summed E-state index contributed by atoms with van der Waals surface area (Å²) in [6, 6.07) is 1.23. The van der Waals surface area contributed by atoms with Crippen LogP contribution in [0.4, 0.5) is 10.2 Å². The molecule has 1 saturated heterocycles. The summed E-state index contributed by atoms with van der Waals surface area (Å²) in [7, 11) is 0. The maximum absolute atomic E-state index is 13.4. The van der Waals surface area contributed by atoms with Crippen LogP contribution in [0.3, 0.4) is 0 Å². The molecule has 0 saturated carbocycles. The van der Waals surface area contributed by atoms with Crippen molar-refractivity contribution in [1.82, 2.24) is 4.98 Å². The Morgan fingerprint density at radius 2 is 2.43 bits per heavy atom. The molecule has 1 aliphatic rings. The second-order valence-corrected chi connectivity index (χ2v) is 3.78. The van der Waals surface area contributed by atoms with Crippen molar-refractivity contribution < 1.29 is 9.50 Å². The molecule has 0 aromatic carbocycles. The molecule has 1 aliphatic heterocycles. The van der Waals surface area contributed by atoms with E-state index in [1.54, 1.807) is 4.90 Å². The van der Waals surface area contributed by atoms with E-state index in [-0.39, 0.29) is 16.9 Å². The van der Waals surface area contributed by atoms with E-state index in [1.807, 2.05) is 0 Å². The van der Waals surface area contributed by atoms with Gasteiger partial charge in [-0.3, -0.25) is 0 Å². The fourth-order valence-corrected chi connectivity index (χ4v) is 1.72. The molecule has 0 bridgehead atoms. The molecular formula is C9H10ClFN2O. The molecule has 2 heterocycles. The molecule has 0 spiro atoms. The van der Waals surface area contributed by atoms with Gasteiger partial charge in [0.2, 0.25) is 0 Å². The van der Waals surface area contributed by atoms with Crippen LogP contribution in [-0.2, 0) is 0 Å². The van der Waals surface area contributed by atoms with Crippen LogP contribution in [0.2, 0.25) is 5.02 Å². The monoisotopic (exact) mass is 216 g/mol. The molecular weight excluding hydrogens is 207 g/mol. The molecule has 76 valence electrons. The Balaban J connectivity index is 2.24. The first-order valence-electron chi connectivity index (χ1n) is 4.41. The molecule has 0 aliphatic carbocycles. The normalized spacial score (nSPS) is 21.6. The van der Waals surface area contributed by atoms with E-state index in [1.165, 1.54) is 12.3 Å². The van der Waals surface area contributed by atoms with Gasteiger partial charge in [-0.25, -0.2) is 9.37 Å². The van der Waals surface area contributed by atoms with Gasteiger partial charge < -0.3 is 10.0 Å². The first-order valence-corrected chi connectivity index (χ1v) is 4.78. The first-order chi connectivity index (χ1) is 6.66. The van der Waals surface area contributed by atoms with Gasteiger partial charge in [-0.15, -0.1) is 0 Å². The van der Waals surface area contributed by atoms with Crippen LogP contribution < -0.4 is 4.90 Å². The van der Waals surface area contributed by atoms with Crippen LogP contribution >= 0.6 is 11.6 Å². The summed E-state index contributed by atoms with van der Waals surface area (Å²) in [6.07, 6.45) is 1.68. The predicted octanol–water partition coefficient (Wildman–Crippen LogP) is 1.45. The summed E-state index contributed by atoms with van der Waals surface area (Å²) in [6.45, 7) is 1.07. The summed E-state index contributed by atoms with van der Waals surface area (Å²) < 4.78 is 13.4. The number of aromatic nitrogens is 1. The van der Waals surface area contributed by atoms with Crippen molar-refractivity contribution in [2.45, 2.75) is 12.5 Å². The molecule has 5 heteroatoms. The van der Waals surface area contributed by atoms with E-state index >= 15 is 0 Å². The van der Waals surface area contributed by atoms with Crippen molar-refractivity contribution in [3.63, 3.8) is 0 Å². The number of aliphatic hydroxyl groups is 1. The maximum atomic E-state index is 13.4. The molecule has 1 atom stereocenters. The predicted molar refractivity (Wildman–Crippen MR) is 52.0 cm³/mol. The van der Waals surface area contributed by atoms with Gasteiger partial charge >= 0.3 is 0 Å². The molecule has 3 nitrogen and oxygen atoms in total. The van der Waals surface area contributed by atoms with Crippen molar-refractivity contribution in [1.29, 1.82) is 0 Å². The Kier molecular flexibility index (Phi) is 2.56. The van der Waals surface area contributed by atoms with Gasteiger partial charge in [0, 0.05) is 19.3 Å². The standard InChI is InChI=1S/C9H10ClFN2O/c10-6-3-8(11)9(12-4-6)13-2-1-7(14)5-13/h3-4,7,14H,1-2,5H2/t7-/m0/s1. The number of pyridine rings is 1. The SMILES string of the molecule is O[C@H]1CCN(c2ncc(Cl)cc2F)C1. The summed E-state index contributed by atoms with van der Waals surface area (Å²) in [5, 5.41) is 9.57. The maximum Gasteiger partial charge on any atom is 0.167 e. The second-order valence-electron chi connectivity index (χ2n) is 3.35. The van der Waals surface area contributed by atoms with E-state index in [9.17, 15) is 9.50 Å². The number of hydrogen-bond donors (Lipinski definition) is 1. The van der Waals surface area contributed by atoms with Crippen LogP contribution in [0, 0.1) is 5.82 Å². The quantitative estimate of drug-likeness (QED) is 0.772. The van der Waals surface area contributed by atoms with Crippen molar-refractivity contribution in [2.24, 2.45) is 0 Å². The molecule has 0 unspecified atom stereocenters. The van der Waals surface area contributed by atoms with Gasteiger partial charge in [0.25, 0.3) is 0 Å². The molecule has 1 fully saturated rings. The summed E-state index contributed by atoms with van der Waals surface area (Å²) in [5.41, 5.74) is 0. The van der Waals surface area contributed by atoms with Crippen molar-refractivity contribution in [3.8, 4) is 0 Å². The summed E-state index contributed by atoms with van der Waals surface area (Å²) >= 11 is 5.58. The topological polar surface area (TPSA) is 36.4 Å². The van der Waals surface area contributed by atoms with Gasteiger partial charge in [-0.1, -0.05) is 11.6 Å². The van der Waals surface area contributed by atoms with Crippen LogP contribution in [0.1, 0.15) is 6.42 Å². The highest BCUT2D eigenvalue weighted by molar-refractivity contribution is 6.30. The highest BCUT2D eigenvalue weighted by atomic mass is 35.5. The summed E-state index contributed by atoms with van der Waals surface area (Å²) in [5.74, 6) is -0.169. The zero-order valence-corrected chi connectivity index (χ0v) is 8.21. The third kappa shape index (κ3) is 1.81. The molecule has 2 rings (SSSR count). The number of β-amino-alcohol motifs (C(OH)–C–C–N with tert-alkyl or cyclic N) is 1. The minimum Gasteiger partial charge on any atom is -0.391 e. The zero-order valence-electron chi connectivity index (χ0n) is 7.45. The number of nitrogens with zero attached hydrogens (tertiary/aromatic N) is 2. The van der Waals surface area contributed by atoms with Crippen LogP contribution in [-0.4, -0.2) is 29.3 Å². The summed E-state index contributed by atoms with van der Waals surface area (Å²) in [4.78, 5) is 5.62. The number of halogens is 2. The largest absolute Gasteiger partial charge is 0.391 e. The molecule has 14 heavy (non-hydrogen) atoms. The number of hydrogen-bond acceptors (Lipinski definition) is 3. The fraction of sp³-hybridized carbons (Fsp3) is 0.444. The van der Waals surface area contributed by atoms with E-state index in [0.717, 1.165) is 0 Å². The molecule has 1 aromatic rings. The molecule has 1 N–H and O–H groups in total. The third-order valence-corrected chi connectivity index (χ3v) is 2.46. The number of aliphatic hydroxyl groups excluding tert-OH is 1. The lowest BCUT2D eigenvalue weighted by Crippen LogP contribution is -2.23. The average Bonchev–Trinajstić information content (AvgIpc) is 2.51. The van der Waals surface area contributed by atoms with E-state index in [4.69, 9.17) is 11.6 Å². The molecule has 1 aromatic heterocycles. The Morgan fingerprint density at radius 1 is 1.64 bits per heavy atom. The average molecular weight is 217 g/mol. The second kappa shape index (κ2) is 3.71. The van der Waals surface area contributed by atoms with Gasteiger partial charge in [0.15, 0.2) is 11.6 Å². The minimum absolute atomic E-state index is 0.269. The fourth-order valence-electron chi connectivity index (χ4n) is 1.57. The highest BCUT2D eigenvalue weighted by Crippen LogP contribution is 2.23. The Bertz CT molecular complexity index is 348. The highest BCUT2D eigenvalue weighted by Gasteiger charge is 2.23. The van der Waals surface area contributed by atoms with E-state index in [2.05, 4.69) is 4.98 Å². The van der Waals surface area contributed by atoms with Gasteiger partial charge in [-0.05, 0) is 12.5 Å². The van der Waals surface area contributed by atoms with Crippen LogP contribution in [0.25, 0.3) is 0 Å². The first kappa shape index (κ1) is 9.68. The smallest absolute Gasteiger partial charge is 0.167 e. The lowest BCUT2D eigenvalue weighted by Gasteiger charge is -2.16. The van der Waals surface area contributed by atoms with Crippen LogP contribution in [0.5, 0.6) is 0 Å². The van der Waals surface area contributed by atoms with Crippen molar-refractivity contribution >= 4 is 17.4 Å². The zero-order chi connectivity index (χ0) is 10.1. The van der Waals surface area contributed by atoms with Crippen molar-refractivity contribution in [3.05, 3.63) is 23.1 Å². The minimum atomic E-state index is -0.438.